The Morgan fingerprint density at radius 3 is 2.82 bits per heavy atom. The molecule has 11 heavy (non-hydrogen) atoms. The summed E-state index contributed by atoms with van der Waals surface area (Å²) in [4.78, 5) is 0. The van der Waals surface area contributed by atoms with E-state index in [0.29, 0.717) is 17.3 Å². The van der Waals surface area contributed by atoms with Crippen LogP contribution in [-0.2, 0) is 0 Å². The van der Waals surface area contributed by atoms with Crippen LogP contribution in [0.3, 0.4) is 0 Å². The van der Waals surface area contributed by atoms with Crippen LogP contribution in [0.4, 0.5) is 5.82 Å². The van der Waals surface area contributed by atoms with E-state index in [-0.39, 0.29) is 0 Å². The Morgan fingerprint density at radius 2 is 2.27 bits per heavy atom. The van der Waals surface area contributed by atoms with Crippen molar-refractivity contribution >= 4 is 5.82 Å². The van der Waals surface area contributed by atoms with Gasteiger partial charge in [-0.05, 0) is 0 Å². The first-order valence-corrected chi connectivity index (χ1v) is 2.99. The van der Waals surface area contributed by atoms with Crippen LogP contribution in [0.1, 0.15) is 0 Å². The van der Waals surface area contributed by atoms with Gasteiger partial charge in [-0.15, -0.1) is 0 Å². The maximum absolute atomic E-state index is 5.32. The summed E-state index contributed by atoms with van der Waals surface area (Å²) in [6.45, 7) is 0. The van der Waals surface area contributed by atoms with Crippen LogP contribution < -0.4 is 5.73 Å². The zero-order valence-corrected chi connectivity index (χ0v) is 5.52. The average molecular weight is 151 g/mol. The van der Waals surface area contributed by atoms with E-state index in [9.17, 15) is 0 Å². The highest BCUT2D eigenvalue weighted by Gasteiger charge is 2.06. The molecule has 2 rings (SSSR count). The normalized spacial score (nSPS) is 10.2. The number of aromatic nitrogens is 2. The maximum atomic E-state index is 5.32. The monoisotopic (exact) mass is 151 g/mol. The van der Waals surface area contributed by atoms with Gasteiger partial charge in [-0.3, -0.25) is 0 Å². The highest BCUT2D eigenvalue weighted by Crippen LogP contribution is 2.18. The fourth-order valence-electron chi connectivity index (χ4n) is 0.749. The smallest absolute Gasteiger partial charge is 0.190 e. The van der Waals surface area contributed by atoms with E-state index in [1.165, 1.54) is 6.26 Å². The van der Waals surface area contributed by atoms with E-state index in [4.69, 9.17) is 10.3 Å². The highest BCUT2D eigenvalue weighted by atomic mass is 16.5. The van der Waals surface area contributed by atoms with Gasteiger partial charge in [0.05, 0.1) is 0 Å². The molecule has 0 bridgehead atoms. The molecule has 2 heterocycles. The lowest BCUT2D eigenvalue weighted by molar-refractivity contribution is 0.407. The van der Waals surface area contributed by atoms with Crippen molar-refractivity contribution in [1.29, 1.82) is 0 Å². The molecule has 2 aromatic rings. The first kappa shape index (κ1) is 5.96. The maximum Gasteiger partial charge on any atom is 0.190 e. The molecule has 0 unspecified atom stereocenters. The molecule has 5 heteroatoms. The second-order valence-corrected chi connectivity index (χ2v) is 2.00. The number of nitrogens with two attached hydrogens (primary N) is 1. The van der Waals surface area contributed by atoms with Crippen molar-refractivity contribution in [2.75, 3.05) is 5.73 Å². The predicted octanol–water partition coefficient (Wildman–Crippen LogP) is 0.912. The zero-order chi connectivity index (χ0) is 7.68. The third-order valence-corrected chi connectivity index (χ3v) is 1.22. The third-order valence-electron chi connectivity index (χ3n) is 1.22. The van der Waals surface area contributed by atoms with Crippen molar-refractivity contribution in [3.05, 3.63) is 18.4 Å². The Balaban J connectivity index is 2.45. The lowest BCUT2D eigenvalue weighted by Gasteiger charge is -1.79. The molecule has 5 nitrogen and oxygen atoms in total. The van der Waals surface area contributed by atoms with Gasteiger partial charge in [-0.25, -0.2) is 0 Å². The number of nitrogen functional groups attached to an aromatic ring is 1. The SMILES string of the molecule is Nc1cc(-c2ccon2)on1. The summed E-state index contributed by atoms with van der Waals surface area (Å²) < 4.78 is 9.41. The van der Waals surface area contributed by atoms with Gasteiger partial charge in [0, 0.05) is 12.1 Å². The number of nitrogens with zero attached hydrogens (tertiary/aromatic N) is 2. The van der Waals surface area contributed by atoms with Gasteiger partial charge in [0.15, 0.2) is 17.3 Å². The van der Waals surface area contributed by atoms with Gasteiger partial charge in [-0.1, -0.05) is 10.3 Å². The van der Waals surface area contributed by atoms with E-state index < -0.39 is 0 Å². The predicted molar refractivity (Wildman–Crippen MR) is 36.4 cm³/mol. The Labute approximate surface area is 61.8 Å². The zero-order valence-electron chi connectivity index (χ0n) is 5.52. The summed E-state index contributed by atoms with van der Waals surface area (Å²) in [6, 6.07) is 3.25. The quantitative estimate of drug-likeness (QED) is 0.655. The lowest BCUT2D eigenvalue weighted by Crippen LogP contribution is -1.79. The summed E-state index contributed by atoms with van der Waals surface area (Å²) in [7, 11) is 0. The fourth-order valence-corrected chi connectivity index (χ4v) is 0.749. The van der Waals surface area contributed by atoms with Crippen molar-refractivity contribution in [2.45, 2.75) is 0 Å². The van der Waals surface area contributed by atoms with E-state index in [2.05, 4.69) is 14.8 Å². The van der Waals surface area contributed by atoms with Crippen LogP contribution >= 0.6 is 0 Å². The van der Waals surface area contributed by atoms with E-state index in [1.807, 2.05) is 0 Å². The molecule has 0 saturated carbocycles. The van der Waals surface area contributed by atoms with Crippen LogP contribution in [-0.4, -0.2) is 10.3 Å². The number of hydrogen-bond acceptors (Lipinski definition) is 5. The van der Waals surface area contributed by atoms with Gasteiger partial charge in [0.2, 0.25) is 0 Å². The lowest BCUT2D eigenvalue weighted by atomic mass is 10.3. The average Bonchev–Trinajstić information content (AvgIpc) is 2.55. The first-order valence-electron chi connectivity index (χ1n) is 2.99. The van der Waals surface area contributed by atoms with Crippen molar-refractivity contribution in [3.8, 4) is 11.5 Å². The van der Waals surface area contributed by atoms with Crippen molar-refractivity contribution < 1.29 is 9.05 Å². The summed E-state index contributed by atoms with van der Waals surface area (Å²) in [6.07, 6.45) is 1.45. The highest BCUT2D eigenvalue weighted by molar-refractivity contribution is 5.54. The van der Waals surface area contributed by atoms with Crippen molar-refractivity contribution in [3.63, 3.8) is 0 Å². The topological polar surface area (TPSA) is 78.1 Å². The number of hydrogen-bond donors (Lipinski definition) is 1. The van der Waals surface area contributed by atoms with Gasteiger partial charge in [0.25, 0.3) is 0 Å². The van der Waals surface area contributed by atoms with Crippen LogP contribution in [0.15, 0.2) is 27.4 Å². The molecule has 0 aliphatic rings. The minimum Gasteiger partial charge on any atom is -0.381 e. The summed E-state index contributed by atoms with van der Waals surface area (Å²) >= 11 is 0. The van der Waals surface area contributed by atoms with Gasteiger partial charge < -0.3 is 14.8 Å². The van der Waals surface area contributed by atoms with E-state index >= 15 is 0 Å². The second-order valence-electron chi connectivity index (χ2n) is 2.00. The molecule has 0 radical (unpaired) electrons. The Kier molecular flexibility index (Phi) is 1.15. The molecular weight excluding hydrogens is 146 g/mol. The van der Waals surface area contributed by atoms with Crippen LogP contribution in [0, 0.1) is 0 Å². The van der Waals surface area contributed by atoms with E-state index in [0.717, 1.165) is 0 Å². The summed E-state index contributed by atoms with van der Waals surface area (Å²) in [5.74, 6) is 0.847. The molecule has 0 saturated heterocycles. The molecule has 0 aliphatic carbocycles. The molecule has 0 atom stereocenters. The Hall–Kier alpha value is -1.78. The molecule has 0 fully saturated rings. The summed E-state index contributed by atoms with van der Waals surface area (Å²) in [5, 5.41) is 7.13. The van der Waals surface area contributed by atoms with Gasteiger partial charge >= 0.3 is 0 Å². The minimum atomic E-state index is 0.336. The van der Waals surface area contributed by atoms with Crippen molar-refractivity contribution in [1.82, 2.24) is 10.3 Å². The molecular formula is C6H5N3O2. The van der Waals surface area contributed by atoms with Crippen LogP contribution in [0.2, 0.25) is 0 Å². The molecule has 2 aromatic heterocycles. The number of rotatable bonds is 1. The Bertz CT molecular complexity index is 338. The van der Waals surface area contributed by atoms with Crippen molar-refractivity contribution in [2.24, 2.45) is 0 Å². The molecule has 0 aromatic carbocycles. The fraction of sp³-hybridized carbons (Fsp3) is 0. The third kappa shape index (κ3) is 0.958. The van der Waals surface area contributed by atoms with Gasteiger partial charge in [-0.2, -0.15) is 0 Å². The summed E-state index contributed by atoms with van der Waals surface area (Å²) in [5.41, 5.74) is 5.91. The molecule has 0 amide bonds. The molecule has 2 N–H and O–H groups in total. The van der Waals surface area contributed by atoms with E-state index in [1.54, 1.807) is 12.1 Å². The minimum absolute atomic E-state index is 0.336. The molecule has 0 spiro atoms. The Morgan fingerprint density at radius 1 is 1.36 bits per heavy atom. The van der Waals surface area contributed by atoms with Crippen LogP contribution in [0.5, 0.6) is 0 Å². The standard InChI is InChI=1S/C6H5N3O2/c7-6-3-5(11-9-6)4-1-2-10-8-4/h1-3H,(H2,7,9). The molecule has 0 aliphatic heterocycles. The molecule has 56 valence electrons. The van der Waals surface area contributed by atoms with Gasteiger partial charge in [0.1, 0.15) is 6.26 Å². The first-order chi connectivity index (χ1) is 5.36. The number of anilines is 1. The largest absolute Gasteiger partial charge is 0.381 e. The van der Waals surface area contributed by atoms with Crippen LogP contribution in [0.25, 0.3) is 11.5 Å². The second kappa shape index (κ2) is 2.12.